The number of primary amides is 1. The first kappa shape index (κ1) is 19.6. The van der Waals surface area contributed by atoms with Gasteiger partial charge < -0.3 is 21.1 Å². The molecule has 1 fully saturated rings. The predicted octanol–water partition coefficient (Wildman–Crippen LogP) is 1.81. The lowest BCUT2D eigenvalue weighted by atomic mass is 9.98. The van der Waals surface area contributed by atoms with Gasteiger partial charge in [0.25, 0.3) is 5.91 Å². The van der Waals surface area contributed by atoms with Crippen LogP contribution in [0.4, 0.5) is 11.4 Å². The van der Waals surface area contributed by atoms with E-state index in [0.717, 1.165) is 47.5 Å². The van der Waals surface area contributed by atoms with E-state index in [4.69, 9.17) is 16.2 Å². The van der Waals surface area contributed by atoms with Gasteiger partial charge in [-0.1, -0.05) is 5.21 Å². The van der Waals surface area contributed by atoms with Crippen molar-refractivity contribution in [3.8, 4) is 0 Å². The Bertz CT molecular complexity index is 1000. The maximum Gasteiger partial charge on any atom is 0.260 e. The van der Waals surface area contributed by atoms with Crippen molar-refractivity contribution in [3.63, 3.8) is 0 Å². The number of ether oxygens (including phenoxy) is 1. The van der Waals surface area contributed by atoms with Gasteiger partial charge in [0, 0.05) is 25.0 Å². The van der Waals surface area contributed by atoms with Crippen molar-refractivity contribution in [1.82, 2.24) is 20.0 Å². The van der Waals surface area contributed by atoms with E-state index in [1.54, 1.807) is 10.9 Å². The van der Waals surface area contributed by atoms with Gasteiger partial charge in [-0.2, -0.15) is 0 Å². The summed E-state index contributed by atoms with van der Waals surface area (Å²) < 4.78 is 7.65. The Labute approximate surface area is 172 Å². The SMILES string of the molecule is Cc1cc(N2CCC[C@H](COCCn3ccnn3)C2)c2c(N)c(C(N)=O)sc2n1. The second-order valence-electron chi connectivity index (χ2n) is 7.37. The molecule has 3 aromatic heterocycles. The van der Waals surface area contributed by atoms with Crippen LogP contribution in [0.2, 0.25) is 0 Å². The van der Waals surface area contributed by atoms with Gasteiger partial charge in [0.15, 0.2) is 0 Å². The van der Waals surface area contributed by atoms with Crippen molar-refractivity contribution in [2.45, 2.75) is 26.3 Å². The van der Waals surface area contributed by atoms with Gasteiger partial charge in [-0.15, -0.1) is 16.4 Å². The Morgan fingerprint density at radius 3 is 3.07 bits per heavy atom. The van der Waals surface area contributed by atoms with Crippen LogP contribution in [0.5, 0.6) is 0 Å². The van der Waals surface area contributed by atoms with E-state index in [1.165, 1.54) is 11.3 Å². The van der Waals surface area contributed by atoms with Crippen molar-refractivity contribution < 1.29 is 9.53 Å². The number of thiophene rings is 1. The first-order valence-electron chi connectivity index (χ1n) is 9.69. The lowest BCUT2D eigenvalue weighted by Gasteiger charge is -2.35. The number of hydrogen-bond acceptors (Lipinski definition) is 8. The average molecular weight is 416 g/mol. The molecule has 29 heavy (non-hydrogen) atoms. The maximum absolute atomic E-state index is 11.7. The number of nitrogens with two attached hydrogens (primary N) is 2. The number of piperidine rings is 1. The molecule has 0 aliphatic carbocycles. The number of carbonyl (C=O) groups is 1. The number of aryl methyl sites for hydroxylation is 1. The third kappa shape index (κ3) is 4.18. The van der Waals surface area contributed by atoms with E-state index in [9.17, 15) is 4.79 Å². The normalized spacial score (nSPS) is 17.1. The summed E-state index contributed by atoms with van der Waals surface area (Å²) in [6.45, 7) is 5.78. The van der Waals surface area contributed by atoms with Crippen LogP contribution < -0.4 is 16.4 Å². The minimum absolute atomic E-state index is 0.379. The highest BCUT2D eigenvalue weighted by molar-refractivity contribution is 7.21. The van der Waals surface area contributed by atoms with Crippen LogP contribution in [0.15, 0.2) is 18.5 Å². The highest BCUT2D eigenvalue weighted by Crippen LogP contribution is 2.40. The molecule has 1 atom stereocenters. The molecule has 10 heteroatoms. The number of fused-ring (bicyclic) bond motifs is 1. The summed E-state index contributed by atoms with van der Waals surface area (Å²) in [6.07, 6.45) is 5.69. The van der Waals surface area contributed by atoms with Crippen molar-refractivity contribution >= 4 is 38.8 Å². The van der Waals surface area contributed by atoms with Gasteiger partial charge in [0.05, 0.1) is 42.7 Å². The summed E-state index contributed by atoms with van der Waals surface area (Å²) in [4.78, 5) is 19.8. The molecule has 0 spiro atoms. The Morgan fingerprint density at radius 2 is 2.31 bits per heavy atom. The van der Waals surface area contributed by atoms with Crippen LogP contribution in [0.1, 0.15) is 28.2 Å². The lowest BCUT2D eigenvalue weighted by molar-refractivity contribution is 0.0856. The number of pyridine rings is 1. The highest BCUT2D eigenvalue weighted by atomic mass is 32.1. The molecule has 0 radical (unpaired) electrons. The topological polar surface area (TPSA) is 125 Å². The summed E-state index contributed by atoms with van der Waals surface area (Å²) in [6, 6.07) is 2.05. The third-order valence-corrected chi connectivity index (χ3v) is 6.29. The van der Waals surface area contributed by atoms with Crippen molar-refractivity contribution in [1.29, 1.82) is 0 Å². The molecule has 0 aromatic carbocycles. The second kappa shape index (κ2) is 8.34. The summed E-state index contributed by atoms with van der Waals surface area (Å²) in [5.41, 5.74) is 14.1. The van der Waals surface area contributed by atoms with Crippen molar-refractivity contribution in [2.24, 2.45) is 11.7 Å². The zero-order valence-corrected chi connectivity index (χ0v) is 17.2. The van der Waals surface area contributed by atoms with E-state index in [2.05, 4.69) is 20.2 Å². The van der Waals surface area contributed by atoms with E-state index in [1.807, 2.05) is 19.2 Å². The summed E-state index contributed by atoms with van der Waals surface area (Å²) in [7, 11) is 0. The molecular weight excluding hydrogens is 390 g/mol. The molecule has 0 unspecified atom stereocenters. The Kier molecular flexibility index (Phi) is 5.63. The van der Waals surface area contributed by atoms with Gasteiger partial charge in [-0.25, -0.2) is 4.98 Å². The monoisotopic (exact) mass is 415 g/mol. The zero-order chi connectivity index (χ0) is 20.4. The molecule has 1 saturated heterocycles. The van der Waals surface area contributed by atoms with Crippen LogP contribution in [0, 0.1) is 12.8 Å². The van der Waals surface area contributed by atoms with E-state index < -0.39 is 5.91 Å². The molecule has 4 N–H and O–H groups in total. The molecule has 1 aliphatic heterocycles. The van der Waals surface area contributed by atoms with E-state index in [0.29, 0.717) is 36.2 Å². The van der Waals surface area contributed by atoms with Crippen LogP contribution in [-0.2, 0) is 11.3 Å². The number of amides is 1. The molecular formula is C19H25N7O2S. The predicted molar refractivity (Wildman–Crippen MR) is 113 cm³/mol. The zero-order valence-electron chi connectivity index (χ0n) is 16.4. The number of nitrogens with zero attached hydrogens (tertiary/aromatic N) is 5. The minimum atomic E-state index is -0.508. The number of nitrogen functional groups attached to an aromatic ring is 1. The molecule has 4 heterocycles. The first-order chi connectivity index (χ1) is 14.0. The fraction of sp³-hybridized carbons (Fsp3) is 0.474. The van der Waals surface area contributed by atoms with Gasteiger partial charge in [0.2, 0.25) is 0 Å². The largest absolute Gasteiger partial charge is 0.397 e. The van der Waals surface area contributed by atoms with Crippen LogP contribution in [0.3, 0.4) is 0 Å². The van der Waals surface area contributed by atoms with Gasteiger partial charge in [-0.05, 0) is 31.7 Å². The Hall–Kier alpha value is -2.72. The molecule has 9 nitrogen and oxygen atoms in total. The fourth-order valence-corrected chi connectivity index (χ4v) is 4.84. The highest BCUT2D eigenvalue weighted by Gasteiger charge is 2.25. The Morgan fingerprint density at radius 1 is 1.45 bits per heavy atom. The molecule has 0 saturated carbocycles. The number of anilines is 2. The lowest BCUT2D eigenvalue weighted by Crippen LogP contribution is -2.37. The summed E-state index contributed by atoms with van der Waals surface area (Å²) >= 11 is 1.27. The number of hydrogen-bond donors (Lipinski definition) is 2. The van der Waals surface area contributed by atoms with Gasteiger partial charge in [0.1, 0.15) is 9.71 Å². The second-order valence-corrected chi connectivity index (χ2v) is 8.37. The molecule has 0 bridgehead atoms. The third-order valence-electron chi connectivity index (χ3n) is 5.18. The smallest absolute Gasteiger partial charge is 0.260 e. The number of aromatic nitrogens is 4. The van der Waals surface area contributed by atoms with Gasteiger partial charge >= 0.3 is 0 Å². The van der Waals surface area contributed by atoms with Gasteiger partial charge in [-0.3, -0.25) is 9.48 Å². The summed E-state index contributed by atoms with van der Waals surface area (Å²) in [5.74, 6) is -0.0788. The number of rotatable bonds is 7. The fourth-order valence-electron chi connectivity index (χ4n) is 3.83. The molecule has 3 aromatic rings. The standard InChI is InChI=1S/C19H25N7O2S/c1-12-9-14(15-16(20)17(18(21)27)29-19(15)23-12)25-5-2-3-13(10-25)11-28-8-7-26-6-4-22-24-26/h4,6,9,13H,2-3,5,7-8,10-11,20H2,1H3,(H2,21,27)/t13-/m0/s1. The molecule has 1 aliphatic rings. The summed E-state index contributed by atoms with van der Waals surface area (Å²) in [5, 5.41) is 8.57. The van der Waals surface area contributed by atoms with Crippen LogP contribution in [0.25, 0.3) is 10.2 Å². The van der Waals surface area contributed by atoms with E-state index >= 15 is 0 Å². The molecule has 1 amide bonds. The van der Waals surface area contributed by atoms with Crippen LogP contribution in [-0.4, -0.2) is 52.2 Å². The maximum atomic E-state index is 11.7. The average Bonchev–Trinajstić information content (AvgIpc) is 3.33. The van der Waals surface area contributed by atoms with E-state index in [-0.39, 0.29) is 0 Å². The molecule has 154 valence electrons. The minimum Gasteiger partial charge on any atom is -0.397 e. The van der Waals surface area contributed by atoms with Crippen molar-refractivity contribution in [3.05, 3.63) is 29.0 Å². The van der Waals surface area contributed by atoms with Crippen LogP contribution >= 0.6 is 11.3 Å². The van der Waals surface area contributed by atoms with Crippen molar-refractivity contribution in [2.75, 3.05) is 36.9 Å². The quantitative estimate of drug-likeness (QED) is 0.564. The first-order valence-corrected chi connectivity index (χ1v) is 10.5. The molecule has 4 rings (SSSR count). The Balaban J connectivity index is 1.47. The number of carbonyl (C=O) groups excluding carboxylic acids is 1.